The lowest BCUT2D eigenvalue weighted by Gasteiger charge is -2.31. The fraction of sp³-hybridized carbons (Fsp3) is 0.575. The molecule has 3 aliphatic heterocycles. The first-order chi connectivity index (χ1) is 26.0. The molecule has 0 saturated carbocycles. The van der Waals surface area contributed by atoms with E-state index in [9.17, 15) is 28.4 Å². The van der Waals surface area contributed by atoms with Gasteiger partial charge in [-0.15, -0.1) is 0 Å². The van der Waals surface area contributed by atoms with Crippen molar-refractivity contribution in [2.45, 2.75) is 95.9 Å². The van der Waals surface area contributed by atoms with E-state index >= 15 is 0 Å². The zero-order chi connectivity index (χ0) is 38.6. The maximum Gasteiger partial charge on any atom is 0.255 e. The third-order valence-corrected chi connectivity index (χ3v) is 10.5. The van der Waals surface area contributed by atoms with Crippen molar-refractivity contribution in [1.82, 2.24) is 30.7 Å². The molecule has 3 aliphatic rings. The van der Waals surface area contributed by atoms with E-state index in [4.69, 9.17) is 10.5 Å². The number of hydrogen-bond acceptors (Lipinski definition) is 8. The summed E-state index contributed by atoms with van der Waals surface area (Å²) in [6.07, 6.45) is 3.72. The number of carbonyl (C=O) groups excluding carboxylic acids is 5. The zero-order valence-corrected chi connectivity index (χ0v) is 31.6. The lowest BCUT2D eigenvalue weighted by Crippen LogP contribution is -2.57. The van der Waals surface area contributed by atoms with E-state index in [2.05, 4.69) is 20.9 Å². The Labute approximate surface area is 317 Å². The van der Waals surface area contributed by atoms with Crippen molar-refractivity contribution in [1.29, 1.82) is 0 Å². The number of unbranched alkanes of at least 4 members (excludes halogenated alkanes) is 1. The van der Waals surface area contributed by atoms with Gasteiger partial charge < -0.3 is 36.2 Å². The molecular formula is C40H56FN7O6. The standard InChI is InChI=1S/C40H56FN7O6/c1-27(2)36-38(51)44-32(14-5-6-18-42)40(53)48-21-8-12-30(48)26-54-34-15-4-3-13-31(34)37(50)43-33(16-17-35(49)45-36)39(52)47-20-9-19-46(22-23-47)25-28-10-7-11-29(41)24-28/h3-4,7,10-11,13,15,24,27,30,32-33,36H,5-6,8-9,12,14,16-23,25-26,42H2,1-2H3,(H,43,50)(H,44,51)(H,45,49)/t30-,32+,33+,36-/m1/s1. The molecule has 54 heavy (non-hydrogen) atoms. The first kappa shape index (κ1) is 40.6. The van der Waals surface area contributed by atoms with E-state index in [1.165, 1.54) is 12.1 Å². The van der Waals surface area contributed by atoms with Gasteiger partial charge in [0, 0.05) is 45.7 Å². The number of para-hydroxylation sites is 1. The Balaban J connectivity index is 1.38. The molecule has 294 valence electrons. The van der Waals surface area contributed by atoms with Crippen LogP contribution in [0.2, 0.25) is 0 Å². The Morgan fingerprint density at radius 3 is 2.52 bits per heavy atom. The molecule has 5 amide bonds. The van der Waals surface area contributed by atoms with Crippen LogP contribution in [0.3, 0.4) is 0 Å². The van der Waals surface area contributed by atoms with Crippen LogP contribution in [-0.4, -0.2) is 114 Å². The highest BCUT2D eigenvalue weighted by atomic mass is 19.1. The molecule has 3 heterocycles. The second kappa shape index (κ2) is 19.7. The van der Waals surface area contributed by atoms with Crippen molar-refractivity contribution in [3.05, 3.63) is 65.5 Å². The third kappa shape index (κ3) is 11.0. The van der Waals surface area contributed by atoms with Gasteiger partial charge in [-0.3, -0.25) is 28.9 Å². The Morgan fingerprint density at radius 2 is 1.74 bits per heavy atom. The highest BCUT2D eigenvalue weighted by Crippen LogP contribution is 2.24. The minimum atomic E-state index is -1.04. The Hall–Kier alpha value is -4.56. The van der Waals surface area contributed by atoms with Gasteiger partial charge in [-0.25, -0.2) is 4.39 Å². The van der Waals surface area contributed by atoms with Crippen LogP contribution in [-0.2, 0) is 25.7 Å². The number of halogens is 1. The fourth-order valence-electron chi connectivity index (χ4n) is 7.49. The predicted octanol–water partition coefficient (Wildman–Crippen LogP) is 2.58. The molecule has 0 spiro atoms. The van der Waals surface area contributed by atoms with Crippen molar-refractivity contribution in [3.8, 4) is 5.75 Å². The molecule has 0 bridgehead atoms. The average Bonchev–Trinajstić information content (AvgIpc) is 3.51. The average molecular weight is 750 g/mol. The van der Waals surface area contributed by atoms with Gasteiger partial charge in [0.05, 0.1) is 11.6 Å². The summed E-state index contributed by atoms with van der Waals surface area (Å²) in [6.45, 7) is 7.40. The zero-order valence-electron chi connectivity index (χ0n) is 31.6. The number of carbonyl (C=O) groups is 5. The fourth-order valence-corrected chi connectivity index (χ4v) is 7.49. The van der Waals surface area contributed by atoms with Gasteiger partial charge in [0.1, 0.15) is 36.3 Å². The summed E-state index contributed by atoms with van der Waals surface area (Å²) >= 11 is 0. The van der Waals surface area contributed by atoms with Gasteiger partial charge >= 0.3 is 0 Å². The summed E-state index contributed by atoms with van der Waals surface area (Å²) in [7, 11) is 0. The SMILES string of the molecule is CC(C)[C@H]1NC(=O)CC[C@@H](C(=O)N2CCCN(Cc3cccc(F)c3)CC2)NC(=O)c2ccccc2OC[C@H]2CCCN2C(=O)[C@H](CCCCN)NC1=O. The molecule has 2 fully saturated rings. The third-order valence-electron chi connectivity index (χ3n) is 10.5. The molecule has 5 N–H and O–H groups in total. The van der Waals surface area contributed by atoms with E-state index < -0.39 is 35.8 Å². The number of ether oxygens (including phenoxy) is 1. The molecule has 14 heteroatoms. The molecule has 0 aliphatic carbocycles. The maximum atomic E-state index is 14.2. The van der Waals surface area contributed by atoms with E-state index in [-0.39, 0.29) is 54.6 Å². The summed E-state index contributed by atoms with van der Waals surface area (Å²) in [4.78, 5) is 75.0. The van der Waals surface area contributed by atoms with Crippen LogP contribution in [0, 0.1) is 11.7 Å². The molecule has 2 aromatic carbocycles. The second-order valence-corrected chi connectivity index (χ2v) is 14.9. The van der Waals surface area contributed by atoms with Gasteiger partial charge in [-0.05, 0) is 87.2 Å². The Morgan fingerprint density at radius 1 is 0.926 bits per heavy atom. The van der Waals surface area contributed by atoms with Gasteiger partial charge in [0.15, 0.2) is 0 Å². The van der Waals surface area contributed by atoms with Crippen molar-refractivity contribution >= 4 is 29.5 Å². The lowest BCUT2D eigenvalue weighted by atomic mass is 10.0. The smallest absolute Gasteiger partial charge is 0.255 e. The monoisotopic (exact) mass is 749 g/mol. The molecule has 0 unspecified atom stereocenters. The number of nitrogens with one attached hydrogen (secondary N) is 3. The van der Waals surface area contributed by atoms with Crippen LogP contribution in [0.1, 0.15) is 81.1 Å². The van der Waals surface area contributed by atoms with Crippen LogP contribution in [0.15, 0.2) is 48.5 Å². The number of hydrogen-bond donors (Lipinski definition) is 4. The predicted molar refractivity (Wildman–Crippen MR) is 202 cm³/mol. The van der Waals surface area contributed by atoms with Gasteiger partial charge in [-0.2, -0.15) is 0 Å². The van der Waals surface area contributed by atoms with Crippen LogP contribution >= 0.6 is 0 Å². The first-order valence-electron chi connectivity index (χ1n) is 19.4. The maximum absolute atomic E-state index is 14.2. The second-order valence-electron chi connectivity index (χ2n) is 14.9. The minimum absolute atomic E-state index is 0.00734. The molecule has 0 radical (unpaired) electrons. The molecule has 0 aromatic heterocycles. The van der Waals surface area contributed by atoms with Crippen molar-refractivity contribution in [2.75, 3.05) is 45.9 Å². The van der Waals surface area contributed by atoms with Crippen LogP contribution in [0.4, 0.5) is 4.39 Å². The minimum Gasteiger partial charge on any atom is -0.491 e. The summed E-state index contributed by atoms with van der Waals surface area (Å²) in [5.41, 5.74) is 6.83. The van der Waals surface area contributed by atoms with E-state index in [0.717, 1.165) is 12.0 Å². The molecule has 4 atom stereocenters. The van der Waals surface area contributed by atoms with Gasteiger partial charge in [0.25, 0.3) is 5.91 Å². The number of rotatable bonds is 8. The summed E-state index contributed by atoms with van der Waals surface area (Å²) in [5, 5.41) is 8.69. The molecule has 13 nitrogen and oxygen atoms in total. The van der Waals surface area contributed by atoms with Crippen molar-refractivity contribution in [3.63, 3.8) is 0 Å². The molecule has 5 rings (SSSR count). The molecule has 2 saturated heterocycles. The van der Waals surface area contributed by atoms with E-state index in [1.54, 1.807) is 40.1 Å². The highest BCUT2D eigenvalue weighted by molar-refractivity contribution is 6.00. The van der Waals surface area contributed by atoms with Crippen LogP contribution in [0.5, 0.6) is 5.75 Å². The number of amides is 5. The lowest BCUT2D eigenvalue weighted by molar-refractivity contribution is -0.139. The topological polar surface area (TPSA) is 166 Å². The van der Waals surface area contributed by atoms with Crippen LogP contribution in [0.25, 0.3) is 0 Å². The molecule has 2 aromatic rings. The Kier molecular flexibility index (Phi) is 14.8. The van der Waals surface area contributed by atoms with E-state index in [0.29, 0.717) is 83.7 Å². The summed E-state index contributed by atoms with van der Waals surface area (Å²) in [5.74, 6) is -2.23. The number of nitrogens with zero attached hydrogens (tertiary/aromatic N) is 3. The van der Waals surface area contributed by atoms with Gasteiger partial charge in [-0.1, -0.05) is 38.1 Å². The molecular weight excluding hydrogens is 693 g/mol. The first-order valence-corrected chi connectivity index (χ1v) is 19.4. The Bertz CT molecular complexity index is 1620. The van der Waals surface area contributed by atoms with E-state index in [1.807, 2.05) is 19.9 Å². The number of fused-ring (bicyclic) bond motifs is 2. The van der Waals surface area contributed by atoms with Gasteiger partial charge in [0.2, 0.25) is 23.6 Å². The highest BCUT2D eigenvalue weighted by Gasteiger charge is 2.37. The number of benzene rings is 2. The normalized spacial score (nSPS) is 23.9. The van der Waals surface area contributed by atoms with Crippen LogP contribution < -0.4 is 26.4 Å². The van der Waals surface area contributed by atoms with Crippen molar-refractivity contribution in [2.24, 2.45) is 11.7 Å². The quantitative estimate of drug-likeness (QED) is 0.299. The summed E-state index contributed by atoms with van der Waals surface area (Å²) < 4.78 is 20.1. The van der Waals surface area contributed by atoms with Crippen molar-refractivity contribution < 1.29 is 33.1 Å². The summed E-state index contributed by atoms with van der Waals surface area (Å²) in [6, 6.07) is 10.2. The largest absolute Gasteiger partial charge is 0.491 e. The number of nitrogens with two attached hydrogens (primary N) is 1.